The quantitative estimate of drug-likeness (QED) is 0.782. The van der Waals surface area contributed by atoms with Crippen molar-refractivity contribution in [2.75, 3.05) is 0 Å². The number of carbonyl (C=O) groups excluding carboxylic acids is 1. The molecular formula is C20H17NO3. The van der Waals surface area contributed by atoms with E-state index in [2.05, 4.69) is 19.2 Å². The molecular weight excluding hydrogens is 302 g/mol. The normalized spacial score (nSPS) is 16.5. The van der Waals surface area contributed by atoms with Crippen LogP contribution in [-0.2, 0) is 0 Å². The fourth-order valence-electron chi connectivity index (χ4n) is 3.18. The molecule has 0 bridgehead atoms. The van der Waals surface area contributed by atoms with Gasteiger partial charge in [-0.05, 0) is 29.2 Å². The van der Waals surface area contributed by atoms with Gasteiger partial charge in [0.05, 0.1) is 17.0 Å². The van der Waals surface area contributed by atoms with Crippen molar-refractivity contribution in [1.29, 1.82) is 0 Å². The Hall–Kier alpha value is -2.88. The van der Waals surface area contributed by atoms with E-state index in [4.69, 9.17) is 4.42 Å². The molecule has 0 saturated carbocycles. The predicted octanol–water partition coefficient (Wildman–Crippen LogP) is 3.75. The lowest BCUT2D eigenvalue weighted by Gasteiger charge is -2.13. The summed E-state index contributed by atoms with van der Waals surface area (Å²) in [5, 5.41) is 3.36. The fourth-order valence-corrected chi connectivity index (χ4v) is 3.18. The van der Waals surface area contributed by atoms with Gasteiger partial charge in [0.15, 0.2) is 5.43 Å². The summed E-state index contributed by atoms with van der Waals surface area (Å²) in [6, 6.07) is 14.5. The largest absolute Gasteiger partial charge is 0.450 e. The number of para-hydroxylation sites is 1. The zero-order valence-corrected chi connectivity index (χ0v) is 13.5. The second-order valence-corrected chi connectivity index (χ2v) is 6.40. The highest BCUT2D eigenvalue weighted by Crippen LogP contribution is 2.31. The molecule has 2 heterocycles. The van der Waals surface area contributed by atoms with Gasteiger partial charge in [0.1, 0.15) is 5.58 Å². The average molecular weight is 319 g/mol. The van der Waals surface area contributed by atoms with Crippen LogP contribution in [0.1, 0.15) is 53.1 Å². The molecule has 1 unspecified atom stereocenters. The Labute approximate surface area is 139 Å². The van der Waals surface area contributed by atoms with Gasteiger partial charge in [-0.25, -0.2) is 0 Å². The van der Waals surface area contributed by atoms with E-state index >= 15 is 0 Å². The van der Waals surface area contributed by atoms with Crippen molar-refractivity contribution >= 4 is 16.9 Å². The maximum atomic E-state index is 12.9. The Balaban J connectivity index is 1.89. The fraction of sp³-hybridized carbons (Fsp3) is 0.200. The lowest BCUT2D eigenvalue weighted by molar-refractivity contribution is 0.0938. The minimum atomic E-state index is -0.463. The van der Waals surface area contributed by atoms with Crippen LogP contribution in [0.4, 0.5) is 0 Å². The first kappa shape index (κ1) is 14.7. The standard InChI is InChI=1S/C20H17NO3/c1-11(2)12-7-9-13(10-8-12)17-16-18(22)14-5-3-4-6-15(14)24-19(16)20(23)21-17/h3-11,17H,1-2H3,(H,21,23). The van der Waals surface area contributed by atoms with E-state index in [1.807, 2.05) is 24.3 Å². The molecule has 0 radical (unpaired) electrons. The van der Waals surface area contributed by atoms with Crippen molar-refractivity contribution < 1.29 is 9.21 Å². The second kappa shape index (κ2) is 5.34. The molecule has 0 saturated heterocycles. The molecule has 1 atom stereocenters. The topological polar surface area (TPSA) is 59.3 Å². The summed E-state index contributed by atoms with van der Waals surface area (Å²) in [5.74, 6) is 0.209. The number of amides is 1. The van der Waals surface area contributed by atoms with Gasteiger partial charge >= 0.3 is 0 Å². The van der Waals surface area contributed by atoms with Crippen LogP contribution in [0, 0.1) is 0 Å². The first-order valence-corrected chi connectivity index (χ1v) is 8.02. The summed E-state index contributed by atoms with van der Waals surface area (Å²) < 4.78 is 5.70. The van der Waals surface area contributed by atoms with E-state index in [0.29, 0.717) is 22.5 Å². The SMILES string of the molecule is CC(C)c1ccc(C2NC(=O)c3oc4ccccc4c(=O)c32)cc1. The summed E-state index contributed by atoms with van der Waals surface area (Å²) in [5.41, 5.74) is 2.79. The Morgan fingerprint density at radius 1 is 1.00 bits per heavy atom. The number of hydrogen-bond acceptors (Lipinski definition) is 3. The number of benzene rings is 2. The summed E-state index contributed by atoms with van der Waals surface area (Å²) >= 11 is 0. The molecule has 120 valence electrons. The van der Waals surface area contributed by atoms with Crippen molar-refractivity contribution in [3.63, 3.8) is 0 Å². The molecule has 0 aliphatic carbocycles. The second-order valence-electron chi connectivity index (χ2n) is 6.40. The first-order valence-electron chi connectivity index (χ1n) is 8.02. The summed E-state index contributed by atoms with van der Waals surface area (Å²) in [6.07, 6.45) is 0. The highest BCUT2D eigenvalue weighted by molar-refractivity contribution is 5.98. The molecule has 4 nitrogen and oxygen atoms in total. The molecule has 3 aromatic rings. The monoisotopic (exact) mass is 319 g/mol. The van der Waals surface area contributed by atoms with Crippen molar-refractivity contribution in [2.45, 2.75) is 25.8 Å². The minimum Gasteiger partial charge on any atom is -0.450 e. The van der Waals surface area contributed by atoms with Crippen LogP contribution >= 0.6 is 0 Å². The third-order valence-corrected chi connectivity index (χ3v) is 4.54. The van der Waals surface area contributed by atoms with Crippen LogP contribution in [0.2, 0.25) is 0 Å². The molecule has 4 rings (SSSR count). The Morgan fingerprint density at radius 2 is 1.71 bits per heavy atom. The maximum absolute atomic E-state index is 12.9. The molecule has 1 amide bonds. The van der Waals surface area contributed by atoms with E-state index in [1.165, 1.54) is 5.56 Å². The zero-order valence-electron chi connectivity index (χ0n) is 13.5. The van der Waals surface area contributed by atoms with Gasteiger partial charge in [-0.3, -0.25) is 9.59 Å². The van der Waals surface area contributed by atoms with Crippen LogP contribution in [0.3, 0.4) is 0 Å². The van der Waals surface area contributed by atoms with E-state index in [1.54, 1.807) is 24.3 Å². The molecule has 0 spiro atoms. The molecule has 1 aliphatic heterocycles. The highest BCUT2D eigenvalue weighted by Gasteiger charge is 2.35. The number of carbonyl (C=O) groups is 1. The van der Waals surface area contributed by atoms with Crippen molar-refractivity contribution in [2.24, 2.45) is 0 Å². The van der Waals surface area contributed by atoms with E-state index in [9.17, 15) is 9.59 Å². The Bertz CT molecular complexity index is 1000. The van der Waals surface area contributed by atoms with Crippen LogP contribution in [-0.4, -0.2) is 5.91 Å². The molecule has 2 aromatic carbocycles. The third-order valence-electron chi connectivity index (χ3n) is 4.54. The van der Waals surface area contributed by atoms with Gasteiger partial charge in [0, 0.05) is 0 Å². The number of fused-ring (bicyclic) bond motifs is 2. The lowest BCUT2D eigenvalue weighted by atomic mass is 9.96. The summed E-state index contributed by atoms with van der Waals surface area (Å²) in [4.78, 5) is 25.1. The average Bonchev–Trinajstić information content (AvgIpc) is 2.92. The number of nitrogens with one attached hydrogen (secondary N) is 1. The van der Waals surface area contributed by atoms with Gasteiger partial charge in [-0.15, -0.1) is 0 Å². The Morgan fingerprint density at radius 3 is 2.42 bits per heavy atom. The van der Waals surface area contributed by atoms with E-state index < -0.39 is 6.04 Å². The van der Waals surface area contributed by atoms with Crippen LogP contribution in [0.15, 0.2) is 57.7 Å². The van der Waals surface area contributed by atoms with Gasteiger partial charge in [-0.2, -0.15) is 0 Å². The van der Waals surface area contributed by atoms with Crippen molar-refractivity contribution in [3.8, 4) is 0 Å². The number of rotatable bonds is 2. The Kier molecular flexibility index (Phi) is 3.27. The van der Waals surface area contributed by atoms with Crippen molar-refractivity contribution in [1.82, 2.24) is 5.32 Å². The third kappa shape index (κ3) is 2.14. The van der Waals surface area contributed by atoms with Crippen molar-refractivity contribution in [3.05, 3.63) is 81.2 Å². The summed E-state index contributed by atoms with van der Waals surface area (Å²) in [6.45, 7) is 4.25. The molecule has 4 heteroatoms. The minimum absolute atomic E-state index is 0.122. The van der Waals surface area contributed by atoms with Gasteiger partial charge < -0.3 is 9.73 Å². The molecule has 1 N–H and O–H groups in total. The predicted molar refractivity (Wildman–Crippen MR) is 92.3 cm³/mol. The molecule has 24 heavy (non-hydrogen) atoms. The van der Waals surface area contributed by atoms with Crippen LogP contribution in [0.5, 0.6) is 0 Å². The first-order chi connectivity index (χ1) is 11.6. The van der Waals surface area contributed by atoms with Crippen LogP contribution in [0.25, 0.3) is 11.0 Å². The van der Waals surface area contributed by atoms with Gasteiger partial charge in [0.25, 0.3) is 5.91 Å². The maximum Gasteiger partial charge on any atom is 0.288 e. The molecule has 1 aliphatic rings. The summed E-state index contributed by atoms with van der Waals surface area (Å²) in [7, 11) is 0. The molecule has 0 fully saturated rings. The van der Waals surface area contributed by atoms with Gasteiger partial charge in [-0.1, -0.05) is 50.2 Å². The highest BCUT2D eigenvalue weighted by atomic mass is 16.3. The van der Waals surface area contributed by atoms with E-state index in [-0.39, 0.29) is 17.1 Å². The van der Waals surface area contributed by atoms with Gasteiger partial charge in [0.2, 0.25) is 5.76 Å². The zero-order chi connectivity index (χ0) is 16.8. The smallest absolute Gasteiger partial charge is 0.288 e. The number of hydrogen-bond donors (Lipinski definition) is 1. The molecule has 1 aromatic heterocycles. The van der Waals surface area contributed by atoms with Crippen LogP contribution < -0.4 is 10.7 Å². The van der Waals surface area contributed by atoms with E-state index in [0.717, 1.165) is 5.56 Å². The lowest BCUT2D eigenvalue weighted by Crippen LogP contribution is -2.21.